The average Bonchev–Trinajstić information content (AvgIpc) is 2.87. The van der Waals surface area contributed by atoms with Crippen LogP contribution in [0.5, 0.6) is 0 Å². The van der Waals surface area contributed by atoms with E-state index >= 15 is 0 Å². The van der Waals surface area contributed by atoms with Crippen LogP contribution in [0, 0.1) is 6.92 Å². The van der Waals surface area contributed by atoms with E-state index in [4.69, 9.17) is 0 Å². The number of fused-ring (bicyclic) bond motifs is 1. The molecule has 2 heterocycles. The van der Waals surface area contributed by atoms with Crippen molar-refractivity contribution in [2.75, 3.05) is 25.4 Å². The third kappa shape index (κ3) is 3.51. The Kier molecular flexibility index (Phi) is 4.51. The first-order valence-corrected chi connectivity index (χ1v) is 9.62. The topological polar surface area (TPSA) is 104 Å². The maximum absolute atomic E-state index is 12.3. The summed E-state index contributed by atoms with van der Waals surface area (Å²) >= 11 is 0. The molecule has 0 bridgehead atoms. The first-order chi connectivity index (χ1) is 11.8. The maximum Gasteiger partial charge on any atom is 0.324 e. The first kappa shape index (κ1) is 17.4. The number of urea groups is 1. The molecule has 0 aliphatic carbocycles. The molecule has 3 rings (SSSR count). The van der Waals surface area contributed by atoms with Gasteiger partial charge in [0.25, 0.3) is 5.91 Å². The van der Waals surface area contributed by atoms with E-state index in [-0.39, 0.29) is 36.1 Å². The lowest BCUT2D eigenvalue weighted by atomic mass is 10.2. The molecule has 1 aromatic carbocycles. The summed E-state index contributed by atoms with van der Waals surface area (Å²) in [6.07, 6.45) is -0.154. The molecule has 2 fully saturated rings. The number of imide groups is 1. The van der Waals surface area contributed by atoms with Crippen LogP contribution in [0.15, 0.2) is 29.2 Å². The van der Waals surface area contributed by atoms with Gasteiger partial charge in [-0.3, -0.25) is 14.9 Å². The Bertz CT molecular complexity index is 819. The number of nitrogens with zero attached hydrogens (tertiary/aromatic N) is 2. The number of rotatable bonds is 4. The fourth-order valence-corrected chi connectivity index (χ4v) is 4.21. The van der Waals surface area contributed by atoms with Crippen molar-refractivity contribution in [3.8, 4) is 0 Å². The van der Waals surface area contributed by atoms with Crippen molar-refractivity contribution in [2.24, 2.45) is 0 Å². The van der Waals surface area contributed by atoms with Crippen LogP contribution in [-0.2, 0) is 19.4 Å². The van der Waals surface area contributed by atoms with Gasteiger partial charge in [0.2, 0.25) is 5.91 Å². The Morgan fingerprint density at radius 1 is 1.20 bits per heavy atom. The number of piperazine rings is 1. The van der Waals surface area contributed by atoms with E-state index < -0.39 is 27.8 Å². The second-order valence-corrected chi connectivity index (χ2v) is 8.33. The summed E-state index contributed by atoms with van der Waals surface area (Å²) in [5.41, 5.74) is 0.956. The highest BCUT2D eigenvalue weighted by molar-refractivity contribution is 7.91. The third-order valence-electron chi connectivity index (χ3n) is 4.49. The summed E-state index contributed by atoms with van der Waals surface area (Å²) in [6.45, 7) is 2.52. The lowest BCUT2D eigenvalue weighted by Gasteiger charge is -2.35. The summed E-state index contributed by atoms with van der Waals surface area (Å²) in [6, 6.07) is 5.36. The molecule has 1 atom stereocenters. The van der Waals surface area contributed by atoms with Crippen molar-refractivity contribution in [1.29, 1.82) is 0 Å². The zero-order valence-corrected chi connectivity index (χ0v) is 14.6. The van der Waals surface area contributed by atoms with Crippen LogP contribution in [-0.4, -0.2) is 67.5 Å². The van der Waals surface area contributed by atoms with Gasteiger partial charge in [-0.15, -0.1) is 0 Å². The Labute approximate surface area is 145 Å². The maximum atomic E-state index is 12.3. The van der Waals surface area contributed by atoms with Crippen LogP contribution in [0.25, 0.3) is 0 Å². The van der Waals surface area contributed by atoms with Gasteiger partial charge in [-0.05, 0) is 19.1 Å². The quantitative estimate of drug-likeness (QED) is 0.752. The summed E-state index contributed by atoms with van der Waals surface area (Å²) in [5.74, 6) is -1.04. The van der Waals surface area contributed by atoms with Gasteiger partial charge < -0.3 is 9.80 Å². The number of amides is 4. The minimum absolute atomic E-state index is 0.0982. The molecule has 2 saturated heterocycles. The number of aryl methyl sites for hydroxylation is 1. The molecular weight excluding hydrogens is 346 g/mol. The third-order valence-corrected chi connectivity index (χ3v) is 6.22. The largest absolute Gasteiger partial charge is 0.338 e. The van der Waals surface area contributed by atoms with Crippen molar-refractivity contribution in [1.82, 2.24) is 15.1 Å². The van der Waals surface area contributed by atoms with E-state index in [0.717, 1.165) is 5.56 Å². The number of carbonyl (C=O) groups excluding carboxylic acids is 3. The summed E-state index contributed by atoms with van der Waals surface area (Å²) < 4.78 is 24.6. The molecule has 25 heavy (non-hydrogen) atoms. The van der Waals surface area contributed by atoms with Gasteiger partial charge in [-0.1, -0.05) is 17.7 Å². The summed E-state index contributed by atoms with van der Waals surface area (Å²) in [7, 11) is -3.54. The highest BCUT2D eigenvalue weighted by Gasteiger charge is 2.42. The minimum Gasteiger partial charge on any atom is -0.338 e. The fourth-order valence-electron chi connectivity index (χ4n) is 2.98. The van der Waals surface area contributed by atoms with Gasteiger partial charge in [0.1, 0.15) is 6.04 Å². The number of hydrogen-bond acceptors (Lipinski definition) is 5. The van der Waals surface area contributed by atoms with Gasteiger partial charge in [0, 0.05) is 19.5 Å². The standard InChI is InChI=1S/C16H19N3O5S/c1-11-2-4-12(5-3-11)25(23,24)9-6-14(20)18-7-8-19-13(10-18)15(21)17-16(19)22/h2-5,13H,6-10H2,1H3,(H,17,21,22). The lowest BCUT2D eigenvalue weighted by molar-refractivity contribution is -0.134. The fraction of sp³-hybridized carbons (Fsp3) is 0.438. The molecule has 0 spiro atoms. The zero-order chi connectivity index (χ0) is 18.2. The van der Waals surface area contributed by atoms with Crippen LogP contribution >= 0.6 is 0 Å². The van der Waals surface area contributed by atoms with Crippen LogP contribution in [0.3, 0.4) is 0 Å². The molecular formula is C16H19N3O5S. The van der Waals surface area contributed by atoms with E-state index in [0.29, 0.717) is 6.54 Å². The average molecular weight is 365 g/mol. The van der Waals surface area contributed by atoms with Crippen molar-refractivity contribution < 1.29 is 22.8 Å². The smallest absolute Gasteiger partial charge is 0.324 e. The zero-order valence-electron chi connectivity index (χ0n) is 13.8. The van der Waals surface area contributed by atoms with Crippen molar-refractivity contribution in [3.63, 3.8) is 0 Å². The predicted octanol–water partition coefficient (Wildman–Crippen LogP) is -0.0786. The van der Waals surface area contributed by atoms with Gasteiger partial charge in [0.15, 0.2) is 9.84 Å². The van der Waals surface area contributed by atoms with E-state index in [1.165, 1.54) is 21.9 Å². The Morgan fingerprint density at radius 2 is 1.88 bits per heavy atom. The normalized spacial score (nSPS) is 20.4. The summed E-state index contributed by atoms with van der Waals surface area (Å²) in [5, 5.41) is 2.21. The molecule has 1 aromatic rings. The molecule has 0 saturated carbocycles. The molecule has 0 radical (unpaired) electrons. The van der Waals surface area contributed by atoms with Crippen molar-refractivity contribution in [2.45, 2.75) is 24.3 Å². The van der Waals surface area contributed by atoms with E-state index in [1.54, 1.807) is 12.1 Å². The first-order valence-electron chi connectivity index (χ1n) is 7.96. The predicted molar refractivity (Wildman–Crippen MR) is 88.5 cm³/mol. The molecule has 0 aromatic heterocycles. The Balaban J connectivity index is 1.60. The molecule has 2 aliphatic rings. The molecule has 9 heteroatoms. The van der Waals surface area contributed by atoms with Gasteiger partial charge in [-0.25, -0.2) is 13.2 Å². The van der Waals surface area contributed by atoms with Gasteiger partial charge >= 0.3 is 6.03 Å². The van der Waals surface area contributed by atoms with E-state index in [9.17, 15) is 22.8 Å². The molecule has 1 unspecified atom stereocenters. The van der Waals surface area contributed by atoms with E-state index in [1.807, 2.05) is 6.92 Å². The highest BCUT2D eigenvalue weighted by Crippen LogP contribution is 2.17. The van der Waals surface area contributed by atoms with Gasteiger partial charge in [-0.2, -0.15) is 0 Å². The monoisotopic (exact) mass is 365 g/mol. The number of sulfone groups is 1. The van der Waals surface area contributed by atoms with Crippen LogP contribution in [0.2, 0.25) is 0 Å². The molecule has 8 nitrogen and oxygen atoms in total. The minimum atomic E-state index is -3.54. The number of hydrogen-bond donors (Lipinski definition) is 1. The molecule has 4 amide bonds. The molecule has 1 N–H and O–H groups in total. The van der Waals surface area contributed by atoms with Crippen LogP contribution in [0.1, 0.15) is 12.0 Å². The highest BCUT2D eigenvalue weighted by atomic mass is 32.2. The van der Waals surface area contributed by atoms with Crippen molar-refractivity contribution >= 4 is 27.7 Å². The second-order valence-electron chi connectivity index (χ2n) is 6.23. The van der Waals surface area contributed by atoms with Gasteiger partial charge in [0.05, 0.1) is 17.2 Å². The number of nitrogens with one attached hydrogen (secondary N) is 1. The summed E-state index contributed by atoms with van der Waals surface area (Å²) in [4.78, 5) is 38.6. The number of carbonyl (C=O) groups is 3. The second kappa shape index (κ2) is 6.47. The number of benzene rings is 1. The SMILES string of the molecule is Cc1ccc(S(=O)(=O)CCC(=O)N2CCN3C(=O)NC(=O)C3C2)cc1. The van der Waals surface area contributed by atoms with E-state index in [2.05, 4.69) is 5.32 Å². The Hall–Kier alpha value is -2.42. The molecule has 134 valence electrons. The van der Waals surface area contributed by atoms with Crippen LogP contribution < -0.4 is 5.32 Å². The Morgan fingerprint density at radius 3 is 2.56 bits per heavy atom. The lowest BCUT2D eigenvalue weighted by Crippen LogP contribution is -2.54. The van der Waals surface area contributed by atoms with Crippen molar-refractivity contribution in [3.05, 3.63) is 29.8 Å². The molecule has 2 aliphatic heterocycles. The van der Waals surface area contributed by atoms with Crippen LogP contribution in [0.4, 0.5) is 4.79 Å².